The van der Waals surface area contributed by atoms with Crippen LogP contribution in [0.2, 0.25) is 0 Å². The molecule has 5 heteroatoms. The van der Waals surface area contributed by atoms with Gasteiger partial charge >= 0.3 is 0 Å². The molecule has 0 aliphatic carbocycles. The summed E-state index contributed by atoms with van der Waals surface area (Å²) >= 11 is 0. The Kier molecular flexibility index (Phi) is 4.80. The zero-order valence-corrected chi connectivity index (χ0v) is 16.6. The van der Waals surface area contributed by atoms with E-state index in [0.29, 0.717) is 28.4 Å². The quantitative estimate of drug-likeness (QED) is 0.485. The Balaban J connectivity index is 1.54. The molecule has 1 heterocycles. The molecule has 0 unspecified atom stereocenters. The van der Waals surface area contributed by atoms with Crippen molar-refractivity contribution in [3.05, 3.63) is 78.4 Å². The Morgan fingerprint density at radius 1 is 1.00 bits per heavy atom. The fraction of sp³-hybridized carbons (Fsp3) is 0.167. The fourth-order valence-electron chi connectivity index (χ4n) is 3.02. The Morgan fingerprint density at radius 2 is 1.79 bits per heavy atom. The predicted octanol–water partition coefficient (Wildman–Crippen LogP) is 5.60. The number of fused-ring (bicyclic) bond motifs is 1. The molecule has 3 aromatic carbocycles. The number of hydrogen-bond donors (Lipinski definition) is 1. The lowest BCUT2D eigenvalue weighted by atomic mass is 10.1. The minimum absolute atomic E-state index is 0.247. The van der Waals surface area contributed by atoms with Gasteiger partial charge in [0.1, 0.15) is 11.3 Å². The van der Waals surface area contributed by atoms with Crippen LogP contribution in [0.15, 0.2) is 77.2 Å². The molecule has 4 rings (SSSR count). The lowest BCUT2D eigenvalue weighted by Gasteiger charge is -2.25. The molecule has 29 heavy (non-hydrogen) atoms. The van der Waals surface area contributed by atoms with Gasteiger partial charge in [0.25, 0.3) is 5.91 Å². The second kappa shape index (κ2) is 7.43. The van der Waals surface area contributed by atoms with E-state index in [1.165, 1.54) is 0 Å². The summed E-state index contributed by atoms with van der Waals surface area (Å²) in [6.45, 7) is 5.50. The van der Waals surface area contributed by atoms with Gasteiger partial charge in [-0.15, -0.1) is 0 Å². The Morgan fingerprint density at radius 3 is 2.55 bits per heavy atom. The first-order valence-electron chi connectivity index (χ1n) is 9.44. The molecule has 0 radical (unpaired) electrons. The first kappa shape index (κ1) is 18.7. The van der Waals surface area contributed by atoms with E-state index in [9.17, 15) is 4.79 Å². The minimum Gasteiger partial charge on any atom is -0.478 e. The highest BCUT2D eigenvalue weighted by atomic mass is 16.5. The van der Waals surface area contributed by atoms with Crippen molar-refractivity contribution in [1.29, 1.82) is 0 Å². The molecule has 1 aromatic heterocycles. The standard InChI is InChI=1S/C24H22N2O3/c1-16-8-7-9-17(14-16)22-26-20-15-18(12-13-21(20)28-22)25-23(27)24(2,3)29-19-10-5-4-6-11-19/h4-15H,1-3H3,(H,25,27). The van der Waals surface area contributed by atoms with Gasteiger partial charge in [0.15, 0.2) is 11.2 Å². The average molecular weight is 386 g/mol. The molecule has 0 atom stereocenters. The SMILES string of the molecule is Cc1cccc(-c2nc3cc(NC(=O)C(C)(C)Oc4ccccc4)ccc3o2)c1. The van der Waals surface area contributed by atoms with Crippen LogP contribution in [0.4, 0.5) is 5.69 Å². The second-order valence-electron chi connectivity index (χ2n) is 7.45. The number of nitrogens with one attached hydrogen (secondary N) is 1. The number of amides is 1. The number of rotatable bonds is 5. The Hall–Kier alpha value is -3.60. The van der Waals surface area contributed by atoms with Crippen molar-refractivity contribution in [3.63, 3.8) is 0 Å². The number of aromatic nitrogens is 1. The van der Waals surface area contributed by atoms with Crippen LogP contribution in [0.1, 0.15) is 19.4 Å². The third kappa shape index (κ3) is 4.14. The van der Waals surface area contributed by atoms with E-state index in [4.69, 9.17) is 9.15 Å². The van der Waals surface area contributed by atoms with Gasteiger partial charge in [0.2, 0.25) is 5.89 Å². The molecule has 0 aliphatic heterocycles. The van der Waals surface area contributed by atoms with Gasteiger partial charge in [-0.2, -0.15) is 0 Å². The van der Waals surface area contributed by atoms with Gasteiger partial charge < -0.3 is 14.5 Å². The molecule has 0 aliphatic rings. The van der Waals surface area contributed by atoms with E-state index in [0.717, 1.165) is 11.1 Å². The highest BCUT2D eigenvalue weighted by Gasteiger charge is 2.30. The van der Waals surface area contributed by atoms with Crippen molar-refractivity contribution in [1.82, 2.24) is 4.98 Å². The largest absolute Gasteiger partial charge is 0.478 e. The number of anilines is 1. The van der Waals surface area contributed by atoms with Crippen LogP contribution in [0.25, 0.3) is 22.6 Å². The third-order valence-electron chi connectivity index (χ3n) is 4.57. The number of hydrogen-bond acceptors (Lipinski definition) is 4. The summed E-state index contributed by atoms with van der Waals surface area (Å²) in [6, 6.07) is 22.7. The lowest BCUT2D eigenvalue weighted by Crippen LogP contribution is -2.42. The zero-order valence-electron chi connectivity index (χ0n) is 16.6. The molecule has 146 valence electrons. The van der Waals surface area contributed by atoms with Gasteiger partial charge in [-0.05, 0) is 63.2 Å². The van der Waals surface area contributed by atoms with Gasteiger partial charge in [0.05, 0.1) is 0 Å². The predicted molar refractivity (Wildman–Crippen MR) is 114 cm³/mol. The van der Waals surface area contributed by atoms with Crippen LogP contribution >= 0.6 is 0 Å². The lowest BCUT2D eigenvalue weighted by molar-refractivity contribution is -0.128. The minimum atomic E-state index is -1.03. The number of oxazole rings is 1. The van der Waals surface area contributed by atoms with Crippen LogP contribution in [0, 0.1) is 6.92 Å². The number of carbonyl (C=O) groups excluding carboxylic acids is 1. The number of aryl methyl sites for hydroxylation is 1. The molecular formula is C24H22N2O3. The van der Waals surface area contributed by atoms with E-state index >= 15 is 0 Å². The van der Waals surface area contributed by atoms with Crippen molar-refractivity contribution in [2.45, 2.75) is 26.4 Å². The Bertz CT molecular complexity index is 1160. The van der Waals surface area contributed by atoms with E-state index in [-0.39, 0.29) is 5.91 Å². The molecule has 0 spiro atoms. The average Bonchev–Trinajstić information content (AvgIpc) is 3.12. The van der Waals surface area contributed by atoms with E-state index in [1.807, 2.05) is 67.6 Å². The van der Waals surface area contributed by atoms with E-state index in [1.54, 1.807) is 26.0 Å². The third-order valence-corrected chi connectivity index (χ3v) is 4.57. The molecule has 0 bridgehead atoms. The van der Waals surface area contributed by atoms with E-state index < -0.39 is 5.60 Å². The van der Waals surface area contributed by atoms with Crippen molar-refractivity contribution in [2.75, 3.05) is 5.32 Å². The van der Waals surface area contributed by atoms with Crippen molar-refractivity contribution in [2.24, 2.45) is 0 Å². The molecule has 1 amide bonds. The van der Waals surface area contributed by atoms with E-state index in [2.05, 4.69) is 10.3 Å². The maximum atomic E-state index is 12.8. The summed E-state index contributed by atoms with van der Waals surface area (Å²) in [5, 5.41) is 2.91. The van der Waals surface area contributed by atoms with Gasteiger partial charge in [-0.1, -0.05) is 35.9 Å². The van der Waals surface area contributed by atoms with Crippen molar-refractivity contribution < 1.29 is 13.9 Å². The fourth-order valence-corrected chi connectivity index (χ4v) is 3.02. The second-order valence-corrected chi connectivity index (χ2v) is 7.45. The molecule has 0 fully saturated rings. The number of ether oxygens (including phenoxy) is 1. The van der Waals surface area contributed by atoms with Gasteiger partial charge in [0, 0.05) is 11.3 Å². The monoisotopic (exact) mass is 386 g/mol. The molecular weight excluding hydrogens is 364 g/mol. The summed E-state index contributed by atoms with van der Waals surface area (Å²) in [5.74, 6) is 0.949. The van der Waals surface area contributed by atoms with Gasteiger partial charge in [-0.3, -0.25) is 4.79 Å². The topological polar surface area (TPSA) is 64.4 Å². The molecule has 5 nitrogen and oxygen atoms in total. The zero-order chi connectivity index (χ0) is 20.4. The summed E-state index contributed by atoms with van der Waals surface area (Å²) in [4.78, 5) is 17.3. The van der Waals surface area contributed by atoms with Crippen molar-refractivity contribution >= 4 is 22.7 Å². The molecule has 4 aromatic rings. The molecule has 0 saturated carbocycles. The summed E-state index contributed by atoms with van der Waals surface area (Å²) in [6.07, 6.45) is 0. The number of benzene rings is 3. The summed E-state index contributed by atoms with van der Waals surface area (Å²) in [7, 11) is 0. The number of para-hydroxylation sites is 1. The normalized spacial score (nSPS) is 11.4. The van der Waals surface area contributed by atoms with Crippen LogP contribution in [0.3, 0.4) is 0 Å². The van der Waals surface area contributed by atoms with Crippen LogP contribution in [-0.4, -0.2) is 16.5 Å². The summed E-state index contributed by atoms with van der Waals surface area (Å²) < 4.78 is 11.7. The van der Waals surface area contributed by atoms with Gasteiger partial charge in [-0.25, -0.2) is 4.98 Å². The maximum Gasteiger partial charge on any atom is 0.267 e. The number of nitrogens with zero attached hydrogens (tertiary/aromatic N) is 1. The highest BCUT2D eigenvalue weighted by Crippen LogP contribution is 2.27. The Labute approximate surface area is 169 Å². The summed E-state index contributed by atoms with van der Waals surface area (Å²) in [5.41, 5.74) is 3.01. The molecule has 0 saturated heterocycles. The van der Waals surface area contributed by atoms with Crippen LogP contribution in [-0.2, 0) is 4.79 Å². The van der Waals surface area contributed by atoms with Crippen LogP contribution in [0.5, 0.6) is 5.75 Å². The highest BCUT2D eigenvalue weighted by molar-refractivity contribution is 5.98. The smallest absolute Gasteiger partial charge is 0.267 e. The van der Waals surface area contributed by atoms with Crippen LogP contribution < -0.4 is 10.1 Å². The van der Waals surface area contributed by atoms with Crippen molar-refractivity contribution in [3.8, 4) is 17.2 Å². The maximum absolute atomic E-state index is 12.8. The molecule has 1 N–H and O–H groups in total. The number of carbonyl (C=O) groups is 1. The first-order valence-corrected chi connectivity index (χ1v) is 9.44. The first-order chi connectivity index (χ1) is 13.9.